The molecule has 0 bridgehead atoms. The van der Waals surface area contributed by atoms with Crippen molar-refractivity contribution in [3.8, 4) is 5.69 Å². The maximum Gasteiger partial charge on any atom is 0.159 e. The number of aryl methyl sites for hydroxylation is 1. The number of benzene rings is 5. The van der Waals surface area contributed by atoms with Crippen LogP contribution in [-0.2, 0) is 6.42 Å². The third-order valence-corrected chi connectivity index (χ3v) is 14.9. The topological polar surface area (TPSA) is 42.5 Å². The van der Waals surface area contributed by atoms with Crippen LogP contribution in [-0.4, -0.2) is 21.1 Å². The van der Waals surface area contributed by atoms with Crippen LogP contribution >= 0.6 is 11.3 Å². The normalized spacial score (nSPS) is 20.1. The Bertz CT molecular complexity index is 3360. The predicted octanol–water partition coefficient (Wildman–Crippen LogP) is 14.6. The molecule has 5 aliphatic carbocycles. The zero-order chi connectivity index (χ0) is 42.7. The van der Waals surface area contributed by atoms with Crippen molar-refractivity contribution in [2.45, 2.75) is 38.5 Å². The van der Waals surface area contributed by atoms with E-state index < -0.39 is 0 Å². The molecule has 4 nitrogen and oxygen atoms in total. The van der Waals surface area contributed by atoms with Crippen LogP contribution in [0.25, 0.3) is 43.5 Å². The second-order valence-corrected chi connectivity index (χ2v) is 18.4. The minimum absolute atomic E-state index is 0.158. The van der Waals surface area contributed by atoms with E-state index in [4.69, 9.17) is 21.5 Å². The third-order valence-electron chi connectivity index (χ3n) is 13.8. The van der Waals surface area contributed by atoms with Crippen LogP contribution in [0.15, 0.2) is 215 Å². The Morgan fingerprint density at radius 2 is 1.48 bits per heavy atom. The zero-order valence-electron chi connectivity index (χ0n) is 35.8. The summed E-state index contributed by atoms with van der Waals surface area (Å²) in [6.45, 7) is 6.89. The Hall–Kier alpha value is -7.21. The fraction of sp³-hybridized carbons (Fsp3) is 0.136. The van der Waals surface area contributed by atoms with E-state index in [1.54, 1.807) is 0 Å². The van der Waals surface area contributed by atoms with Crippen molar-refractivity contribution in [1.82, 2.24) is 9.55 Å². The molecule has 2 heterocycles. The molecule has 308 valence electrons. The van der Waals surface area contributed by atoms with E-state index in [1.807, 2.05) is 23.5 Å². The first-order chi connectivity index (χ1) is 31.6. The third kappa shape index (κ3) is 6.45. The summed E-state index contributed by atoms with van der Waals surface area (Å²) in [5.41, 5.74) is 19.2. The maximum absolute atomic E-state index is 5.43. The monoisotopic (exact) mass is 842 g/mol. The van der Waals surface area contributed by atoms with Crippen LogP contribution in [0, 0.1) is 11.8 Å². The van der Waals surface area contributed by atoms with Crippen molar-refractivity contribution in [2.75, 3.05) is 0 Å². The lowest BCUT2D eigenvalue weighted by Crippen LogP contribution is -2.19. The van der Waals surface area contributed by atoms with E-state index in [-0.39, 0.29) is 5.92 Å². The summed E-state index contributed by atoms with van der Waals surface area (Å²) in [7, 11) is 0. The summed E-state index contributed by atoms with van der Waals surface area (Å²) >= 11 is 1.83. The molecular formula is C59H46N4S. The molecule has 0 saturated carbocycles. The smallest absolute Gasteiger partial charge is 0.159 e. The van der Waals surface area contributed by atoms with Gasteiger partial charge in [0.1, 0.15) is 5.01 Å². The molecule has 0 saturated heterocycles. The van der Waals surface area contributed by atoms with Gasteiger partial charge in [0.15, 0.2) is 5.84 Å². The number of fused-ring (bicyclic) bond motifs is 8. The van der Waals surface area contributed by atoms with Gasteiger partial charge in [-0.05, 0) is 95.4 Å². The Morgan fingerprint density at radius 3 is 2.33 bits per heavy atom. The molecule has 2 aromatic heterocycles. The van der Waals surface area contributed by atoms with Crippen molar-refractivity contribution in [3.05, 3.63) is 244 Å². The molecular weight excluding hydrogens is 797 g/mol. The summed E-state index contributed by atoms with van der Waals surface area (Å²) in [5.74, 6) is 1.32. The first-order valence-corrected chi connectivity index (χ1v) is 23.3. The number of rotatable bonds is 7. The van der Waals surface area contributed by atoms with Crippen LogP contribution in [0.3, 0.4) is 0 Å². The van der Waals surface area contributed by atoms with Gasteiger partial charge in [-0.1, -0.05) is 176 Å². The molecule has 5 aromatic carbocycles. The van der Waals surface area contributed by atoms with Gasteiger partial charge < -0.3 is 4.57 Å². The highest BCUT2D eigenvalue weighted by Gasteiger charge is 2.40. The summed E-state index contributed by atoms with van der Waals surface area (Å²) in [6.07, 6.45) is 24.5. The standard InChI is InChI=1S/C59H46N4S/c1-37(39-17-5-3-6-18-39)60-58(42-20-7-4-8-21-42)61-38(2)54-48-26-12-11-24-46(48)49-35-36-50-47-25-13-14-29-52(47)63(56(50)55(49)54)53-30-16-28-51-57(53)64-59(62-51)43-33-31-41(32-34-43)45-27-15-22-40-19-9-10-23-44(40)45/h3-31,33,44-45,54H,2,32,34-36H2,1H3. The van der Waals surface area contributed by atoms with Crippen molar-refractivity contribution in [2.24, 2.45) is 21.8 Å². The first kappa shape index (κ1) is 38.5. The number of nitrogens with zero attached hydrogens (tertiary/aromatic N) is 4. The second kappa shape index (κ2) is 15.9. The van der Waals surface area contributed by atoms with E-state index in [0.717, 1.165) is 58.7 Å². The molecule has 3 atom stereocenters. The molecule has 0 N–H and O–H groups in total. The number of aliphatic imine (C=N–C) groups is 2. The van der Waals surface area contributed by atoms with Gasteiger partial charge in [0.25, 0.3) is 0 Å². The van der Waals surface area contributed by atoms with Crippen LogP contribution in [0.2, 0.25) is 0 Å². The SMILES string of the molecule is C=C(N=C(N=C(C)c1ccccc1)c1ccccc1)C1C2=C(CCc3c2n(-c2cccc4nc(C5=CC=C(C6C=CC=C7C=CC=CC76)CC5)sc24)c2ccccc32)c2ccccc21. The highest BCUT2D eigenvalue weighted by Crippen LogP contribution is 2.57. The van der Waals surface area contributed by atoms with Crippen molar-refractivity contribution < 1.29 is 0 Å². The van der Waals surface area contributed by atoms with Gasteiger partial charge in [-0.3, -0.25) is 0 Å². The minimum Gasteiger partial charge on any atom is -0.308 e. The molecule has 0 fully saturated rings. The number of para-hydroxylation sites is 1. The lowest BCUT2D eigenvalue weighted by molar-refractivity contribution is 0.585. The number of thiazole rings is 1. The minimum atomic E-state index is -0.158. The fourth-order valence-corrected chi connectivity index (χ4v) is 11.9. The number of allylic oxidation sites excluding steroid dienone is 14. The van der Waals surface area contributed by atoms with Crippen molar-refractivity contribution in [3.63, 3.8) is 0 Å². The molecule has 5 heteroatoms. The van der Waals surface area contributed by atoms with Crippen LogP contribution in [0.4, 0.5) is 0 Å². The molecule has 3 unspecified atom stereocenters. The van der Waals surface area contributed by atoms with E-state index in [1.165, 1.54) is 71.5 Å². The van der Waals surface area contributed by atoms with Gasteiger partial charge in [-0.2, -0.15) is 0 Å². The van der Waals surface area contributed by atoms with Crippen molar-refractivity contribution in [1.29, 1.82) is 0 Å². The number of hydrogen-bond acceptors (Lipinski definition) is 3. The Labute approximate surface area is 378 Å². The van der Waals surface area contributed by atoms with Gasteiger partial charge >= 0.3 is 0 Å². The molecule has 0 amide bonds. The Morgan fingerprint density at radius 1 is 0.703 bits per heavy atom. The molecule has 5 aliphatic rings. The number of amidine groups is 1. The van der Waals surface area contributed by atoms with Gasteiger partial charge in [0.2, 0.25) is 0 Å². The zero-order valence-corrected chi connectivity index (χ0v) is 36.6. The van der Waals surface area contributed by atoms with E-state index in [2.05, 4.69) is 181 Å². The van der Waals surface area contributed by atoms with Crippen molar-refractivity contribution >= 4 is 60.7 Å². The second-order valence-electron chi connectivity index (χ2n) is 17.4. The molecule has 0 radical (unpaired) electrons. The molecule has 64 heavy (non-hydrogen) atoms. The van der Waals surface area contributed by atoms with Gasteiger partial charge in [0.05, 0.1) is 33.0 Å². The van der Waals surface area contributed by atoms with Gasteiger partial charge in [-0.15, -0.1) is 11.3 Å². The average Bonchev–Trinajstić information content (AvgIpc) is 4.05. The molecule has 0 aliphatic heterocycles. The Kier molecular flexibility index (Phi) is 9.53. The summed E-state index contributed by atoms with van der Waals surface area (Å²) in [6, 6.07) is 45.2. The van der Waals surface area contributed by atoms with Gasteiger partial charge in [-0.25, -0.2) is 15.0 Å². The largest absolute Gasteiger partial charge is 0.308 e. The van der Waals surface area contributed by atoms with E-state index >= 15 is 0 Å². The molecule has 0 spiro atoms. The quantitative estimate of drug-likeness (QED) is 0.116. The lowest BCUT2D eigenvalue weighted by Gasteiger charge is -2.30. The number of aromatic nitrogens is 2. The van der Waals surface area contributed by atoms with Crippen LogP contribution in [0.1, 0.15) is 70.6 Å². The first-order valence-electron chi connectivity index (χ1n) is 22.5. The fourth-order valence-electron chi connectivity index (χ4n) is 10.8. The average molecular weight is 843 g/mol. The summed E-state index contributed by atoms with van der Waals surface area (Å²) in [5, 5.41) is 2.41. The summed E-state index contributed by atoms with van der Waals surface area (Å²) in [4.78, 5) is 16.0. The van der Waals surface area contributed by atoms with Gasteiger partial charge in [0, 0.05) is 34.2 Å². The summed E-state index contributed by atoms with van der Waals surface area (Å²) < 4.78 is 3.75. The van der Waals surface area contributed by atoms with Crippen LogP contribution < -0.4 is 0 Å². The lowest BCUT2D eigenvalue weighted by atomic mass is 9.74. The maximum atomic E-state index is 5.43. The van der Waals surface area contributed by atoms with E-state index in [0.29, 0.717) is 17.7 Å². The Balaban J connectivity index is 0.985. The molecule has 12 rings (SSSR count). The molecule has 7 aromatic rings. The van der Waals surface area contributed by atoms with E-state index in [9.17, 15) is 0 Å². The highest BCUT2D eigenvalue weighted by atomic mass is 32.1. The highest BCUT2D eigenvalue weighted by molar-refractivity contribution is 7.20. The number of hydrogen-bond donors (Lipinski definition) is 0. The van der Waals surface area contributed by atoms with Crippen LogP contribution in [0.5, 0.6) is 0 Å². The predicted molar refractivity (Wildman–Crippen MR) is 269 cm³/mol.